The van der Waals surface area contributed by atoms with Gasteiger partial charge in [-0.3, -0.25) is 0 Å². The van der Waals surface area contributed by atoms with Gasteiger partial charge in [-0.05, 0) is 43.9 Å². The van der Waals surface area contributed by atoms with Crippen molar-refractivity contribution < 1.29 is 22.6 Å². The summed E-state index contributed by atoms with van der Waals surface area (Å²) in [4.78, 5) is 0.183. The van der Waals surface area contributed by atoms with Crippen LogP contribution in [-0.2, 0) is 19.5 Å². The molecule has 2 fully saturated rings. The monoisotopic (exact) mass is 341 g/mol. The molecule has 1 aliphatic carbocycles. The van der Waals surface area contributed by atoms with Crippen molar-refractivity contribution in [2.24, 2.45) is 0 Å². The molecule has 1 saturated heterocycles. The van der Waals surface area contributed by atoms with Crippen LogP contribution in [0.2, 0.25) is 0 Å². The first kappa shape index (κ1) is 16.7. The van der Waals surface area contributed by atoms with Gasteiger partial charge >= 0.3 is 0 Å². The second-order valence-electron chi connectivity index (χ2n) is 6.10. The van der Waals surface area contributed by atoms with Crippen LogP contribution in [0.3, 0.4) is 0 Å². The molecule has 0 aromatic heterocycles. The SMILES string of the molecule is COc1ccc(C)cc1S(=O)(=O)NC1CCC2OCCOC2C1. The van der Waals surface area contributed by atoms with Gasteiger partial charge in [-0.25, -0.2) is 13.1 Å². The van der Waals surface area contributed by atoms with E-state index in [9.17, 15) is 8.42 Å². The third kappa shape index (κ3) is 3.68. The molecule has 1 heterocycles. The van der Waals surface area contributed by atoms with Crippen LogP contribution in [0.5, 0.6) is 5.75 Å². The average molecular weight is 341 g/mol. The van der Waals surface area contributed by atoms with E-state index in [4.69, 9.17) is 14.2 Å². The molecule has 3 unspecified atom stereocenters. The lowest BCUT2D eigenvalue weighted by Gasteiger charge is -2.38. The summed E-state index contributed by atoms with van der Waals surface area (Å²) in [6.07, 6.45) is 2.27. The van der Waals surface area contributed by atoms with E-state index in [2.05, 4.69) is 4.72 Å². The van der Waals surface area contributed by atoms with E-state index in [0.717, 1.165) is 18.4 Å². The highest BCUT2D eigenvalue weighted by Crippen LogP contribution is 2.29. The molecule has 3 atom stereocenters. The normalized spacial score (nSPS) is 28.2. The maximum atomic E-state index is 12.7. The minimum atomic E-state index is -3.63. The quantitative estimate of drug-likeness (QED) is 0.901. The summed E-state index contributed by atoms with van der Waals surface area (Å²) in [6.45, 7) is 3.06. The van der Waals surface area contributed by atoms with Gasteiger partial charge in [-0.2, -0.15) is 0 Å². The molecule has 1 saturated carbocycles. The minimum absolute atomic E-state index is 0.0235. The molecule has 2 aliphatic rings. The van der Waals surface area contributed by atoms with Crippen molar-refractivity contribution in [2.45, 2.75) is 49.3 Å². The van der Waals surface area contributed by atoms with Crippen molar-refractivity contribution in [2.75, 3.05) is 20.3 Å². The maximum absolute atomic E-state index is 12.7. The Hall–Kier alpha value is -1.15. The molecule has 3 rings (SSSR count). The van der Waals surface area contributed by atoms with Crippen molar-refractivity contribution in [3.63, 3.8) is 0 Å². The zero-order valence-corrected chi connectivity index (χ0v) is 14.3. The zero-order chi connectivity index (χ0) is 16.4. The molecular weight excluding hydrogens is 318 g/mol. The van der Waals surface area contributed by atoms with Crippen LogP contribution in [0.15, 0.2) is 23.1 Å². The largest absolute Gasteiger partial charge is 0.495 e. The number of hydrogen-bond donors (Lipinski definition) is 1. The second-order valence-corrected chi connectivity index (χ2v) is 7.79. The zero-order valence-electron chi connectivity index (χ0n) is 13.4. The van der Waals surface area contributed by atoms with Crippen LogP contribution in [0, 0.1) is 6.92 Å². The Balaban J connectivity index is 1.75. The van der Waals surface area contributed by atoms with Gasteiger partial charge in [-0.15, -0.1) is 0 Å². The lowest BCUT2D eigenvalue weighted by Crippen LogP contribution is -2.49. The minimum Gasteiger partial charge on any atom is -0.495 e. The number of aryl methyl sites for hydroxylation is 1. The molecule has 0 radical (unpaired) electrons. The van der Waals surface area contributed by atoms with Gasteiger partial charge in [0.05, 0.1) is 32.5 Å². The number of sulfonamides is 1. The summed E-state index contributed by atoms with van der Waals surface area (Å²) in [5, 5.41) is 0. The summed E-state index contributed by atoms with van der Waals surface area (Å²) < 4.78 is 44.8. The average Bonchev–Trinajstić information content (AvgIpc) is 2.54. The van der Waals surface area contributed by atoms with Gasteiger partial charge in [0.2, 0.25) is 10.0 Å². The predicted molar refractivity (Wildman–Crippen MR) is 85.2 cm³/mol. The molecule has 0 bridgehead atoms. The third-order valence-corrected chi connectivity index (χ3v) is 5.95. The number of hydrogen-bond acceptors (Lipinski definition) is 5. The number of nitrogens with one attached hydrogen (secondary N) is 1. The summed E-state index contributed by atoms with van der Waals surface area (Å²) in [5.41, 5.74) is 0.874. The Kier molecular flexibility index (Phi) is 4.91. The number of methoxy groups -OCH3 is 1. The van der Waals surface area contributed by atoms with E-state index in [0.29, 0.717) is 25.4 Å². The van der Waals surface area contributed by atoms with Crippen molar-refractivity contribution >= 4 is 10.0 Å². The smallest absolute Gasteiger partial charge is 0.244 e. The lowest BCUT2D eigenvalue weighted by molar-refractivity contribution is -0.156. The third-order valence-electron chi connectivity index (χ3n) is 4.41. The molecule has 1 aliphatic heterocycles. The number of rotatable bonds is 4. The maximum Gasteiger partial charge on any atom is 0.244 e. The Bertz CT molecular complexity index is 660. The lowest BCUT2D eigenvalue weighted by atomic mass is 9.90. The molecule has 0 amide bonds. The Morgan fingerprint density at radius 2 is 1.91 bits per heavy atom. The summed E-state index contributed by atoms with van der Waals surface area (Å²) in [6, 6.07) is 5.00. The van der Waals surface area contributed by atoms with Crippen LogP contribution < -0.4 is 9.46 Å². The van der Waals surface area contributed by atoms with Gasteiger partial charge in [0.25, 0.3) is 0 Å². The molecule has 23 heavy (non-hydrogen) atoms. The standard InChI is InChI=1S/C16H23NO5S/c1-11-3-5-14(20-2)16(9-11)23(18,19)17-12-4-6-13-15(10-12)22-8-7-21-13/h3,5,9,12-13,15,17H,4,6-8,10H2,1-2H3. The van der Waals surface area contributed by atoms with Crippen molar-refractivity contribution in [3.8, 4) is 5.75 Å². The number of fused-ring (bicyclic) bond motifs is 1. The first-order chi connectivity index (χ1) is 11.0. The fourth-order valence-corrected chi connectivity index (χ4v) is 4.79. The van der Waals surface area contributed by atoms with Gasteiger partial charge in [0, 0.05) is 6.04 Å². The molecular formula is C16H23NO5S. The van der Waals surface area contributed by atoms with Crippen LogP contribution in [0.1, 0.15) is 24.8 Å². The summed E-state index contributed by atoms with van der Waals surface area (Å²) >= 11 is 0. The number of ether oxygens (including phenoxy) is 3. The van der Waals surface area contributed by atoms with Gasteiger partial charge in [-0.1, -0.05) is 6.07 Å². The second kappa shape index (κ2) is 6.76. The highest BCUT2D eigenvalue weighted by atomic mass is 32.2. The Morgan fingerprint density at radius 1 is 1.17 bits per heavy atom. The van der Waals surface area contributed by atoms with Crippen molar-refractivity contribution in [1.29, 1.82) is 0 Å². The highest BCUT2D eigenvalue weighted by Gasteiger charge is 2.36. The van der Waals surface area contributed by atoms with Gasteiger partial charge in [0.15, 0.2) is 0 Å². The fourth-order valence-electron chi connectivity index (χ4n) is 3.25. The Morgan fingerprint density at radius 3 is 2.65 bits per heavy atom. The van der Waals surface area contributed by atoms with E-state index in [1.807, 2.05) is 13.0 Å². The van der Waals surface area contributed by atoms with Crippen LogP contribution in [0.25, 0.3) is 0 Å². The molecule has 1 aromatic carbocycles. The van der Waals surface area contributed by atoms with E-state index in [-0.39, 0.29) is 23.1 Å². The first-order valence-electron chi connectivity index (χ1n) is 7.90. The van der Waals surface area contributed by atoms with Gasteiger partial charge < -0.3 is 14.2 Å². The van der Waals surface area contributed by atoms with E-state index >= 15 is 0 Å². The van der Waals surface area contributed by atoms with Crippen molar-refractivity contribution in [3.05, 3.63) is 23.8 Å². The molecule has 7 heteroatoms. The molecule has 128 valence electrons. The number of benzene rings is 1. The Labute approximate surface area is 137 Å². The van der Waals surface area contributed by atoms with Crippen molar-refractivity contribution in [1.82, 2.24) is 4.72 Å². The van der Waals surface area contributed by atoms with E-state index in [1.165, 1.54) is 7.11 Å². The highest BCUT2D eigenvalue weighted by molar-refractivity contribution is 7.89. The fraction of sp³-hybridized carbons (Fsp3) is 0.625. The van der Waals surface area contributed by atoms with E-state index < -0.39 is 10.0 Å². The van der Waals surface area contributed by atoms with Crippen LogP contribution in [-0.4, -0.2) is 47.0 Å². The van der Waals surface area contributed by atoms with E-state index in [1.54, 1.807) is 12.1 Å². The predicted octanol–water partition coefficient (Wildman–Crippen LogP) is 1.62. The van der Waals surface area contributed by atoms with Gasteiger partial charge in [0.1, 0.15) is 10.6 Å². The molecule has 1 N–H and O–H groups in total. The summed E-state index contributed by atoms with van der Waals surface area (Å²) in [7, 11) is -2.16. The van der Waals surface area contributed by atoms with Crippen LogP contribution >= 0.6 is 0 Å². The summed E-state index contributed by atoms with van der Waals surface area (Å²) in [5.74, 6) is 0.356. The molecule has 6 nitrogen and oxygen atoms in total. The first-order valence-corrected chi connectivity index (χ1v) is 9.38. The molecule has 1 aromatic rings. The molecule has 0 spiro atoms. The topological polar surface area (TPSA) is 73.9 Å². The van der Waals surface area contributed by atoms with Crippen LogP contribution in [0.4, 0.5) is 0 Å².